The summed E-state index contributed by atoms with van der Waals surface area (Å²) in [6.07, 6.45) is 5.60. The highest BCUT2D eigenvalue weighted by Crippen LogP contribution is 2.44. The summed E-state index contributed by atoms with van der Waals surface area (Å²) in [4.78, 5) is 89.8. The average Bonchev–Trinajstić information content (AvgIpc) is 3.63. The van der Waals surface area contributed by atoms with Crippen LogP contribution in [0.5, 0.6) is 0 Å². The summed E-state index contributed by atoms with van der Waals surface area (Å²) in [7, 11) is 1.28. The lowest BCUT2D eigenvalue weighted by Gasteiger charge is -2.29. The minimum absolute atomic E-state index is 0.0148. The molecule has 2 N–H and O–H groups in total. The predicted octanol–water partition coefficient (Wildman–Crippen LogP) is 9.44. The summed E-state index contributed by atoms with van der Waals surface area (Å²) in [5, 5.41) is 8.23. The summed E-state index contributed by atoms with van der Waals surface area (Å²) >= 11 is 0. The van der Waals surface area contributed by atoms with Crippen molar-refractivity contribution in [2.45, 2.75) is 116 Å². The molecule has 4 aromatic rings. The Kier molecular flexibility index (Phi) is 17.8. The monoisotopic (exact) mass is 884 g/mol. The number of ether oxygens (including phenoxy) is 2. The van der Waals surface area contributed by atoms with Crippen LogP contribution in [0.4, 0.5) is 4.79 Å². The number of ketones is 4. The average molecular weight is 885 g/mol. The number of benzene rings is 4. The molecule has 344 valence electrons. The molecular formula is C54H64N2O9. The fourth-order valence-electron chi connectivity index (χ4n) is 9.61. The van der Waals surface area contributed by atoms with E-state index in [2.05, 4.69) is 41.0 Å². The summed E-state index contributed by atoms with van der Waals surface area (Å²) < 4.78 is 10.7. The van der Waals surface area contributed by atoms with E-state index in [-0.39, 0.29) is 79.1 Å². The van der Waals surface area contributed by atoms with Gasteiger partial charge in [-0.3, -0.25) is 24.0 Å². The third kappa shape index (κ3) is 13.8. The van der Waals surface area contributed by atoms with Gasteiger partial charge in [-0.15, -0.1) is 0 Å². The number of nitrogens with one attached hydrogen (secondary N) is 2. The largest absolute Gasteiger partial charge is 0.469 e. The van der Waals surface area contributed by atoms with Crippen molar-refractivity contribution in [3.63, 3.8) is 0 Å². The Morgan fingerprint density at radius 2 is 1.34 bits per heavy atom. The smallest absolute Gasteiger partial charge is 0.407 e. The molecule has 3 atom stereocenters. The Bertz CT molecular complexity index is 2280. The lowest BCUT2D eigenvalue weighted by atomic mass is 9.81. The van der Waals surface area contributed by atoms with Crippen molar-refractivity contribution in [1.82, 2.24) is 10.6 Å². The molecule has 2 aliphatic rings. The number of amides is 2. The maximum absolute atomic E-state index is 13.9. The number of methoxy groups -OCH3 is 1. The summed E-state index contributed by atoms with van der Waals surface area (Å²) in [5.74, 6) is -2.37. The van der Waals surface area contributed by atoms with Crippen molar-refractivity contribution in [2.24, 2.45) is 23.7 Å². The molecule has 11 nitrogen and oxygen atoms in total. The van der Waals surface area contributed by atoms with E-state index in [0.717, 1.165) is 40.3 Å². The van der Waals surface area contributed by atoms with E-state index in [1.54, 1.807) is 0 Å². The van der Waals surface area contributed by atoms with Gasteiger partial charge in [-0.1, -0.05) is 104 Å². The number of carbonyl (C=O) groups excluding carboxylic acids is 7. The number of hydrogen-bond acceptors (Lipinski definition) is 9. The van der Waals surface area contributed by atoms with Crippen LogP contribution in [0.2, 0.25) is 0 Å². The van der Waals surface area contributed by atoms with E-state index in [9.17, 15) is 33.6 Å². The molecule has 0 spiro atoms. The molecule has 1 saturated carbocycles. The van der Waals surface area contributed by atoms with E-state index in [4.69, 9.17) is 9.47 Å². The highest BCUT2D eigenvalue weighted by Gasteiger charge is 2.32. The first-order chi connectivity index (χ1) is 31.4. The molecule has 4 aromatic carbocycles. The number of rotatable bonds is 24. The van der Waals surface area contributed by atoms with Gasteiger partial charge < -0.3 is 24.9 Å². The summed E-state index contributed by atoms with van der Waals surface area (Å²) in [6, 6.07) is 29.9. The number of carbonyl (C=O) groups is 7. The Labute approximate surface area is 382 Å². The van der Waals surface area contributed by atoms with E-state index in [1.807, 2.05) is 60.7 Å². The zero-order valence-corrected chi connectivity index (χ0v) is 38.1. The zero-order valence-electron chi connectivity index (χ0n) is 38.1. The maximum atomic E-state index is 13.9. The molecule has 2 amide bonds. The van der Waals surface area contributed by atoms with Crippen LogP contribution in [0.1, 0.15) is 120 Å². The number of unbranched alkanes of at least 4 members (excludes halogenated alkanes) is 2. The van der Waals surface area contributed by atoms with Gasteiger partial charge in [-0.25, -0.2) is 4.79 Å². The molecule has 0 unspecified atom stereocenters. The third-order valence-corrected chi connectivity index (χ3v) is 13.4. The molecular weight excluding hydrogens is 821 g/mol. The molecule has 1 fully saturated rings. The quantitative estimate of drug-likeness (QED) is 0.0516. The van der Waals surface area contributed by atoms with Crippen molar-refractivity contribution in [2.75, 3.05) is 20.3 Å². The number of alkyl carbamates (subject to hydrolysis) is 1. The molecule has 6 rings (SSSR count). The Balaban J connectivity index is 0.970. The van der Waals surface area contributed by atoms with E-state index in [0.29, 0.717) is 57.9 Å². The second-order valence-corrected chi connectivity index (χ2v) is 18.2. The lowest BCUT2D eigenvalue weighted by Crippen LogP contribution is -2.46. The SMILES string of the molecule is COC(=O)[C@H](CCCCCC(=O)[C@H](Cc1ccc2ccccc2c1)NC(=O)C1CCC(CNC(=O)OCC2c3ccccc3-c3ccccc32)CC1)CC(=O)C[C@@H](CCC(C)=O)C(C)=O. The summed E-state index contributed by atoms with van der Waals surface area (Å²) in [5.41, 5.74) is 5.62. The first-order valence-corrected chi connectivity index (χ1v) is 23.4. The van der Waals surface area contributed by atoms with Gasteiger partial charge in [0.2, 0.25) is 5.91 Å². The predicted molar refractivity (Wildman–Crippen MR) is 250 cm³/mol. The van der Waals surface area contributed by atoms with Crippen LogP contribution in [0.25, 0.3) is 21.9 Å². The Hall–Kier alpha value is -5.97. The molecule has 0 saturated heterocycles. The fourth-order valence-corrected chi connectivity index (χ4v) is 9.61. The first kappa shape index (κ1) is 48.5. The van der Waals surface area contributed by atoms with Crippen LogP contribution >= 0.6 is 0 Å². The molecule has 0 bridgehead atoms. The normalized spacial score (nSPS) is 16.9. The minimum atomic E-state index is -0.714. The molecule has 0 radical (unpaired) electrons. The van der Waals surface area contributed by atoms with Gasteiger partial charge in [0, 0.05) is 50.0 Å². The maximum Gasteiger partial charge on any atom is 0.407 e. The number of Topliss-reactive ketones (excluding diaryl/α,β-unsaturated/α-hetero) is 4. The van der Waals surface area contributed by atoms with Crippen LogP contribution in [0, 0.1) is 23.7 Å². The van der Waals surface area contributed by atoms with Crippen molar-refractivity contribution in [3.8, 4) is 11.1 Å². The van der Waals surface area contributed by atoms with Crippen LogP contribution < -0.4 is 10.6 Å². The van der Waals surface area contributed by atoms with Gasteiger partial charge in [0.15, 0.2) is 5.78 Å². The Morgan fingerprint density at radius 1 is 0.692 bits per heavy atom. The number of hydrogen-bond donors (Lipinski definition) is 2. The second kappa shape index (κ2) is 23.8. The second-order valence-electron chi connectivity index (χ2n) is 18.2. The number of esters is 1. The molecule has 0 heterocycles. The van der Waals surface area contributed by atoms with E-state index >= 15 is 0 Å². The van der Waals surface area contributed by atoms with Gasteiger partial charge in [0.1, 0.15) is 24.0 Å². The Morgan fingerprint density at radius 3 is 2.00 bits per heavy atom. The minimum Gasteiger partial charge on any atom is -0.469 e. The van der Waals surface area contributed by atoms with Crippen molar-refractivity contribution in [3.05, 3.63) is 108 Å². The third-order valence-electron chi connectivity index (χ3n) is 13.4. The molecule has 2 aliphatic carbocycles. The first-order valence-electron chi connectivity index (χ1n) is 23.4. The van der Waals surface area contributed by atoms with Gasteiger partial charge in [-0.05, 0) is 110 Å². The zero-order chi connectivity index (χ0) is 46.3. The molecule has 11 heteroatoms. The number of fused-ring (bicyclic) bond motifs is 4. The fraction of sp³-hybridized carbons (Fsp3) is 0.463. The van der Waals surface area contributed by atoms with Gasteiger partial charge in [0.05, 0.1) is 19.1 Å². The molecule has 65 heavy (non-hydrogen) atoms. The van der Waals surface area contributed by atoms with E-state index in [1.165, 1.54) is 32.1 Å². The lowest BCUT2D eigenvalue weighted by molar-refractivity contribution is -0.147. The van der Waals surface area contributed by atoms with Crippen molar-refractivity contribution >= 4 is 51.9 Å². The van der Waals surface area contributed by atoms with Crippen molar-refractivity contribution < 1.29 is 43.0 Å². The van der Waals surface area contributed by atoms with Crippen LogP contribution in [-0.4, -0.2) is 67.4 Å². The van der Waals surface area contributed by atoms with Crippen LogP contribution in [-0.2, 0) is 44.7 Å². The van der Waals surface area contributed by atoms with Gasteiger partial charge in [0.25, 0.3) is 0 Å². The van der Waals surface area contributed by atoms with Crippen molar-refractivity contribution in [1.29, 1.82) is 0 Å². The van der Waals surface area contributed by atoms with Crippen LogP contribution in [0.15, 0.2) is 91.0 Å². The van der Waals surface area contributed by atoms with E-state index < -0.39 is 29.9 Å². The highest BCUT2D eigenvalue weighted by molar-refractivity contribution is 5.91. The topological polar surface area (TPSA) is 162 Å². The van der Waals surface area contributed by atoms with Crippen LogP contribution in [0.3, 0.4) is 0 Å². The standard InChI is InChI=1S/C54H64N2O9/c1-35(57)21-25-41(36(2)58)31-44(59)32-43(53(62)64-3)15-5-4-6-20-51(60)50(30-38-24-26-39-13-7-8-14-42(39)29-38)56-52(61)40-27-22-37(23-28-40)33-55-54(63)65-34-49-47-18-11-9-16-45(47)46-17-10-12-19-48(46)49/h7-14,16-19,24,26,29,37,40-41,43,49-50H,4-6,15,20-23,25,27-28,30-34H2,1-3H3,(H,55,63)(H,56,61)/t37?,40?,41-,43-,50+/m1/s1. The highest BCUT2D eigenvalue weighted by atomic mass is 16.5. The van der Waals surface area contributed by atoms with Gasteiger partial charge >= 0.3 is 12.1 Å². The molecule has 0 aromatic heterocycles. The summed E-state index contributed by atoms with van der Waals surface area (Å²) in [6.45, 7) is 3.58. The molecule has 0 aliphatic heterocycles. The van der Waals surface area contributed by atoms with Gasteiger partial charge in [-0.2, -0.15) is 0 Å².